The van der Waals surface area contributed by atoms with Gasteiger partial charge in [0, 0.05) is 16.6 Å². The summed E-state index contributed by atoms with van der Waals surface area (Å²) < 4.78 is 0. The first-order chi connectivity index (χ1) is 13.5. The number of hydrogen-bond acceptors (Lipinski definition) is 4. The molecule has 1 aliphatic heterocycles. The summed E-state index contributed by atoms with van der Waals surface area (Å²) in [4.78, 5) is 16.4. The van der Waals surface area contributed by atoms with Crippen molar-refractivity contribution < 1.29 is 9.90 Å². The number of carboxylic acid groups (broad SMARTS) is 1. The number of aromatic nitrogens is 1. The molecule has 0 unspecified atom stereocenters. The topological polar surface area (TPSA) is 62.2 Å². The minimum absolute atomic E-state index is 0.261. The van der Waals surface area contributed by atoms with Crippen molar-refractivity contribution in [1.82, 2.24) is 4.98 Å². The molecule has 0 bridgehead atoms. The van der Waals surface area contributed by atoms with Gasteiger partial charge < -0.3 is 10.4 Å². The maximum atomic E-state index is 11.8. The summed E-state index contributed by atoms with van der Waals surface area (Å²) in [6.07, 6.45) is 4.12. The molecule has 2 aromatic carbocycles. The molecule has 144 valence electrons. The molecule has 0 aliphatic carbocycles. The Hall–Kier alpha value is -2.24. The second-order valence-corrected chi connectivity index (χ2v) is 8.78. The van der Waals surface area contributed by atoms with Gasteiger partial charge in [-0.05, 0) is 73.1 Å². The van der Waals surface area contributed by atoms with E-state index in [0.717, 1.165) is 52.1 Å². The number of halogens is 1. The van der Waals surface area contributed by atoms with Crippen molar-refractivity contribution in [2.75, 3.05) is 16.8 Å². The number of rotatable bonds is 4. The number of aryl methyl sites for hydroxylation is 1. The summed E-state index contributed by atoms with van der Waals surface area (Å²) in [6.45, 7) is 1.89. The van der Waals surface area contributed by atoms with E-state index in [2.05, 4.69) is 10.3 Å². The SMILES string of the molecule is Cc1ccc(Nc2c(C3CCSCC3)cnc3ccc(Cl)cc23)c(C(=O)O)c1. The third kappa shape index (κ3) is 3.82. The van der Waals surface area contributed by atoms with Gasteiger partial charge >= 0.3 is 5.97 Å². The summed E-state index contributed by atoms with van der Waals surface area (Å²) in [7, 11) is 0. The Balaban J connectivity index is 1.88. The number of nitrogens with one attached hydrogen (secondary N) is 1. The van der Waals surface area contributed by atoms with Gasteiger partial charge in [0.15, 0.2) is 0 Å². The van der Waals surface area contributed by atoms with Crippen LogP contribution in [0.2, 0.25) is 5.02 Å². The highest BCUT2D eigenvalue weighted by Crippen LogP contribution is 2.40. The first-order valence-corrected chi connectivity index (χ1v) is 10.8. The van der Waals surface area contributed by atoms with Crippen molar-refractivity contribution in [1.29, 1.82) is 0 Å². The minimum Gasteiger partial charge on any atom is -0.478 e. The fraction of sp³-hybridized carbons (Fsp3) is 0.273. The van der Waals surface area contributed by atoms with E-state index in [0.29, 0.717) is 16.6 Å². The molecule has 4 nitrogen and oxygen atoms in total. The van der Waals surface area contributed by atoms with Crippen molar-refractivity contribution in [3.63, 3.8) is 0 Å². The van der Waals surface area contributed by atoms with E-state index in [1.807, 2.05) is 55.2 Å². The maximum absolute atomic E-state index is 11.8. The van der Waals surface area contributed by atoms with Gasteiger partial charge in [-0.3, -0.25) is 4.98 Å². The standard InChI is InChI=1S/C22H21ClN2O2S/c1-13-2-4-20(17(10-13)22(26)27)25-21-16-11-15(23)3-5-19(16)24-12-18(21)14-6-8-28-9-7-14/h2-5,10-12,14H,6-9H2,1H3,(H,24,25)(H,26,27). The molecule has 0 amide bonds. The fourth-order valence-electron chi connectivity index (χ4n) is 3.72. The fourth-order valence-corrected chi connectivity index (χ4v) is 5.00. The first kappa shape index (κ1) is 19.1. The molecule has 1 saturated heterocycles. The summed E-state index contributed by atoms with van der Waals surface area (Å²) in [6, 6.07) is 11.1. The zero-order valence-electron chi connectivity index (χ0n) is 15.5. The van der Waals surface area contributed by atoms with E-state index >= 15 is 0 Å². The monoisotopic (exact) mass is 412 g/mol. The molecule has 0 spiro atoms. The molecule has 1 fully saturated rings. The summed E-state index contributed by atoms with van der Waals surface area (Å²) in [5, 5.41) is 14.7. The van der Waals surface area contributed by atoms with Crippen LogP contribution in [0.15, 0.2) is 42.6 Å². The van der Waals surface area contributed by atoms with Crippen LogP contribution in [-0.2, 0) is 0 Å². The van der Waals surface area contributed by atoms with Gasteiger partial charge in [-0.15, -0.1) is 0 Å². The summed E-state index contributed by atoms with van der Waals surface area (Å²) in [5.41, 5.74) is 4.64. The van der Waals surface area contributed by atoms with Crippen molar-refractivity contribution >= 4 is 51.6 Å². The Kier molecular flexibility index (Phi) is 5.47. The lowest BCUT2D eigenvalue weighted by molar-refractivity contribution is 0.0698. The van der Waals surface area contributed by atoms with Crippen LogP contribution in [0.3, 0.4) is 0 Å². The Morgan fingerprint density at radius 2 is 2.00 bits per heavy atom. The van der Waals surface area contributed by atoms with E-state index in [1.54, 1.807) is 6.07 Å². The second-order valence-electron chi connectivity index (χ2n) is 7.12. The van der Waals surface area contributed by atoms with E-state index in [-0.39, 0.29) is 5.56 Å². The molecule has 1 aromatic heterocycles. The summed E-state index contributed by atoms with van der Waals surface area (Å²) in [5.74, 6) is 1.71. The van der Waals surface area contributed by atoms with Crippen LogP contribution in [0.4, 0.5) is 11.4 Å². The highest BCUT2D eigenvalue weighted by Gasteiger charge is 2.22. The molecule has 0 atom stereocenters. The minimum atomic E-state index is -0.946. The zero-order chi connectivity index (χ0) is 19.7. The number of carboxylic acids is 1. The van der Waals surface area contributed by atoms with Crippen LogP contribution in [0.5, 0.6) is 0 Å². The number of aromatic carboxylic acids is 1. The van der Waals surface area contributed by atoms with Gasteiger partial charge in [-0.1, -0.05) is 23.2 Å². The van der Waals surface area contributed by atoms with Gasteiger partial charge in [0.2, 0.25) is 0 Å². The predicted octanol–water partition coefficient (Wildman–Crippen LogP) is 6.25. The Labute approximate surface area is 173 Å². The first-order valence-electron chi connectivity index (χ1n) is 9.30. The molecule has 28 heavy (non-hydrogen) atoms. The smallest absolute Gasteiger partial charge is 0.337 e. The molecule has 2 N–H and O–H groups in total. The number of pyridine rings is 1. The Morgan fingerprint density at radius 3 is 2.75 bits per heavy atom. The summed E-state index contributed by atoms with van der Waals surface area (Å²) >= 11 is 8.26. The average Bonchev–Trinajstić information content (AvgIpc) is 2.70. The molecule has 3 aromatic rings. The number of carbonyl (C=O) groups is 1. The molecule has 6 heteroatoms. The van der Waals surface area contributed by atoms with Crippen molar-refractivity contribution in [3.8, 4) is 0 Å². The van der Waals surface area contributed by atoms with Crippen LogP contribution in [0, 0.1) is 6.92 Å². The van der Waals surface area contributed by atoms with Gasteiger partial charge in [0.05, 0.1) is 22.5 Å². The number of benzene rings is 2. The second kappa shape index (κ2) is 8.02. The van der Waals surface area contributed by atoms with Crippen LogP contribution < -0.4 is 5.32 Å². The largest absolute Gasteiger partial charge is 0.478 e. The van der Waals surface area contributed by atoms with Gasteiger partial charge in [-0.2, -0.15) is 11.8 Å². The van der Waals surface area contributed by atoms with E-state index in [1.165, 1.54) is 0 Å². The molecular weight excluding hydrogens is 392 g/mol. The van der Waals surface area contributed by atoms with E-state index in [9.17, 15) is 9.90 Å². The number of nitrogens with zero attached hydrogens (tertiary/aromatic N) is 1. The molecule has 4 rings (SSSR count). The lowest BCUT2D eigenvalue weighted by Gasteiger charge is -2.25. The van der Waals surface area contributed by atoms with Gasteiger partial charge in [0.1, 0.15) is 0 Å². The number of anilines is 2. The van der Waals surface area contributed by atoms with Crippen LogP contribution in [-0.4, -0.2) is 27.6 Å². The van der Waals surface area contributed by atoms with Gasteiger partial charge in [0.25, 0.3) is 0 Å². The highest BCUT2D eigenvalue weighted by atomic mass is 35.5. The van der Waals surface area contributed by atoms with Crippen molar-refractivity contribution in [2.45, 2.75) is 25.7 Å². The number of fused-ring (bicyclic) bond motifs is 1. The predicted molar refractivity (Wildman–Crippen MR) is 117 cm³/mol. The molecule has 2 heterocycles. The lowest BCUT2D eigenvalue weighted by atomic mass is 9.91. The third-order valence-electron chi connectivity index (χ3n) is 5.19. The van der Waals surface area contributed by atoms with Crippen LogP contribution >= 0.6 is 23.4 Å². The van der Waals surface area contributed by atoms with Crippen molar-refractivity contribution in [2.24, 2.45) is 0 Å². The maximum Gasteiger partial charge on any atom is 0.337 e. The Bertz CT molecular complexity index is 1050. The van der Waals surface area contributed by atoms with E-state index in [4.69, 9.17) is 11.6 Å². The lowest BCUT2D eigenvalue weighted by Crippen LogP contribution is -2.12. The molecule has 0 radical (unpaired) electrons. The molecule has 1 aliphatic rings. The van der Waals surface area contributed by atoms with E-state index < -0.39 is 5.97 Å². The highest BCUT2D eigenvalue weighted by molar-refractivity contribution is 7.99. The molecule has 0 saturated carbocycles. The Morgan fingerprint density at radius 1 is 1.21 bits per heavy atom. The normalized spacial score (nSPS) is 14.9. The van der Waals surface area contributed by atoms with Crippen LogP contribution in [0.25, 0.3) is 10.9 Å². The van der Waals surface area contributed by atoms with Crippen LogP contribution in [0.1, 0.15) is 40.2 Å². The third-order valence-corrected chi connectivity index (χ3v) is 6.47. The quantitative estimate of drug-likeness (QED) is 0.530. The number of thioether (sulfide) groups is 1. The number of hydrogen-bond donors (Lipinski definition) is 2. The average molecular weight is 413 g/mol. The van der Waals surface area contributed by atoms with Crippen molar-refractivity contribution in [3.05, 3.63) is 64.3 Å². The molecular formula is C22H21ClN2O2S. The van der Waals surface area contributed by atoms with Gasteiger partial charge in [-0.25, -0.2) is 4.79 Å². The zero-order valence-corrected chi connectivity index (χ0v) is 17.1.